The van der Waals surface area contributed by atoms with Crippen molar-refractivity contribution in [3.63, 3.8) is 0 Å². The highest BCUT2D eigenvalue weighted by Crippen LogP contribution is 2.23. The van der Waals surface area contributed by atoms with Crippen molar-refractivity contribution in [2.45, 2.75) is 25.3 Å². The molecule has 0 bridgehead atoms. The number of hydrogen-bond acceptors (Lipinski definition) is 4. The number of anilines is 1. The fourth-order valence-corrected chi connectivity index (χ4v) is 2.28. The van der Waals surface area contributed by atoms with E-state index in [0.29, 0.717) is 23.3 Å². The largest absolute Gasteiger partial charge is 0.366 e. The Morgan fingerprint density at radius 1 is 1.23 bits per heavy atom. The van der Waals surface area contributed by atoms with Gasteiger partial charge in [-0.3, -0.25) is 4.79 Å². The monoisotopic (exact) mass is 316 g/mol. The van der Waals surface area contributed by atoms with Gasteiger partial charge in [0, 0.05) is 17.6 Å². The summed E-state index contributed by atoms with van der Waals surface area (Å²) in [5.74, 6) is 0.505. The predicted octanol–water partition coefficient (Wildman–Crippen LogP) is 2.68. The van der Waals surface area contributed by atoms with Gasteiger partial charge in [-0.25, -0.2) is 0 Å². The summed E-state index contributed by atoms with van der Waals surface area (Å²) in [4.78, 5) is 12.0. The zero-order valence-electron chi connectivity index (χ0n) is 12.1. The van der Waals surface area contributed by atoms with Crippen molar-refractivity contribution in [2.75, 3.05) is 11.9 Å². The highest BCUT2D eigenvalue weighted by molar-refractivity contribution is 6.30. The fourth-order valence-electron chi connectivity index (χ4n) is 2.07. The van der Waals surface area contributed by atoms with E-state index in [9.17, 15) is 4.79 Å². The molecule has 1 aromatic heterocycles. The van der Waals surface area contributed by atoms with Gasteiger partial charge in [0.25, 0.3) is 5.91 Å². The lowest BCUT2D eigenvalue weighted by Gasteiger charge is -2.06. The van der Waals surface area contributed by atoms with Crippen LogP contribution in [0.1, 0.15) is 28.9 Å². The number of halogens is 1. The van der Waals surface area contributed by atoms with Gasteiger partial charge in [0.05, 0.1) is 0 Å². The Labute approximate surface area is 134 Å². The number of rotatable bonds is 6. The normalized spacial score (nSPS) is 13.7. The summed E-state index contributed by atoms with van der Waals surface area (Å²) in [6.07, 6.45) is 3.07. The van der Waals surface area contributed by atoms with Gasteiger partial charge in [0.15, 0.2) is 5.69 Å². The minimum atomic E-state index is -0.215. The van der Waals surface area contributed by atoms with Crippen LogP contribution in [0.25, 0.3) is 0 Å². The van der Waals surface area contributed by atoms with Gasteiger partial charge in [0.2, 0.25) is 0 Å². The van der Waals surface area contributed by atoms with E-state index in [4.69, 9.17) is 11.6 Å². The van der Waals surface area contributed by atoms with Gasteiger partial charge < -0.3 is 10.6 Å². The molecule has 2 aromatic rings. The van der Waals surface area contributed by atoms with E-state index >= 15 is 0 Å². The summed E-state index contributed by atoms with van der Waals surface area (Å²) in [5, 5.41) is 14.7. The van der Waals surface area contributed by atoms with Crippen molar-refractivity contribution in [1.82, 2.24) is 15.5 Å². The van der Waals surface area contributed by atoms with Crippen LogP contribution in [-0.2, 0) is 6.42 Å². The zero-order valence-corrected chi connectivity index (χ0v) is 12.8. The lowest BCUT2D eigenvalue weighted by atomic mass is 10.1. The number of nitrogens with zero attached hydrogens (tertiary/aromatic N) is 2. The molecular formula is C16H17ClN4O. The quantitative estimate of drug-likeness (QED) is 0.860. The number of hydrogen-bond donors (Lipinski definition) is 2. The van der Waals surface area contributed by atoms with E-state index in [-0.39, 0.29) is 5.91 Å². The molecule has 1 aliphatic rings. The molecule has 1 aliphatic carbocycles. The minimum absolute atomic E-state index is 0.215. The van der Waals surface area contributed by atoms with Crippen LogP contribution in [0.15, 0.2) is 36.4 Å². The van der Waals surface area contributed by atoms with Gasteiger partial charge in [-0.1, -0.05) is 23.7 Å². The Bertz CT molecular complexity index is 655. The van der Waals surface area contributed by atoms with Crippen LogP contribution in [0.3, 0.4) is 0 Å². The third-order valence-electron chi connectivity index (χ3n) is 3.41. The first kappa shape index (κ1) is 14.8. The molecule has 1 saturated carbocycles. The molecule has 0 radical (unpaired) electrons. The molecule has 114 valence electrons. The Balaban J connectivity index is 1.48. The lowest BCUT2D eigenvalue weighted by molar-refractivity contribution is 0.0948. The van der Waals surface area contributed by atoms with E-state index in [1.165, 1.54) is 12.8 Å². The standard InChI is InChI=1S/C16H17ClN4O/c17-12-3-1-2-11(10-12)8-9-18-16(22)14-6-7-15(21-20-14)19-13-4-5-13/h1-3,6-7,10,13H,4-5,8-9H2,(H,18,22)(H,19,21). The Hall–Kier alpha value is -2.14. The van der Waals surface area contributed by atoms with Crippen molar-refractivity contribution in [1.29, 1.82) is 0 Å². The van der Waals surface area contributed by atoms with Gasteiger partial charge in [-0.2, -0.15) is 0 Å². The second-order valence-corrected chi connectivity index (χ2v) is 5.79. The zero-order chi connectivity index (χ0) is 15.4. The molecule has 6 heteroatoms. The Morgan fingerprint density at radius 2 is 2.09 bits per heavy atom. The molecule has 1 heterocycles. The van der Waals surface area contributed by atoms with E-state index in [1.54, 1.807) is 12.1 Å². The average Bonchev–Trinajstić information content (AvgIpc) is 3.32. The SMILES string of the molecule is O=C(NCCc1cccc(Cl)c1)c1ccc(NC2CC2)nn1. The maximum Gasteiger partial charge on any atom is 0.271 e. The van der Waals surface area contributed by atoms with Gasteiger partial charge >= 0.3 is 0 Å². The average molecular weight is 317 g/mol. The molecule has 1 amide bonds. The molecule has 1 fully saturated rings. The molecule has 22 heavy (non-hydrogen) atoms. The van der Waals surface area contributed by atoms with Crippen LogP contribution in [0.5, 0.6) is 0 Å². The first-order chi connectivity index (χ1) is 10.7. The first-order valence-electron chi connectivity index (χ1n) is 7.33. The number of nitrogens with one attached hydrogen (secondary N) is 2. The predicted molar refractivity (Wildman–Crippen MR) is 86.2 cm³/mol. The molecule has 5 nitrogen and oxygen atoms in total. The topological polar surface area (TPSA) is 66.9 Å². The number of carbonyl (C=O) groups excluding carboxylic acids is 1. The summed E-state index contributed by atoms with van der Waals surface area (Å²) >= 11 is 5.93. The van der Waals surface area contributed by atoms with Crippen molar-refractivity contribution in [3.05, 3.63) is 52.7 Å². The van der Waals surface area contributed by atoms with Crippen LogP contribution in [-0.4, -0.2) is 28.7 Å². The Morgan fingerprint density at radius 3 is 2.77 bits per heavy atom. The molecule has 0 aliphatic heterocycles. The second kappa shape index (κ2) is 6.75. The van der Waals surface area contributed by atoms with Crippen molar-refractivity contribution in [2.24, 2.45) is 0 Å². The van der Waals surface area contributed by atoms with Crippen LogP contribution in [0, 0.1) is 0 Å². The van der Waals surface area contributed by atoms with Gasteiger partial charge in [-0.05, 0) is 49.1 Å². The number of amides is 1. The maximum atomic E-state index is 12.0. The number of carbonyl (C=O) groups is 1. The van der Waals surface area contributed by atoms with Crippen LogP contribution in [0.2, 0.25) is 5.02 Å². The molecular weight excluding hydrogens is 300 g/mol. The van der Waals surface area contributed by atoms with Crippen LogP contribution >= 0.6 is 11.6 Å². The first-order valence-corrected chi connectivity index (χ1v) is 7.71. The summed E-state index contributed by atoms with van der Waals surface area (Å²) in [5.41, 5.74) is 1.41. The highest BCUT2D eigenvalue weighted by Gasteiger charge is 2.21. The van der Waals surface area contributed by atoms with Gasteiger partial charge in [0.1, 0.15) is 5.82 Å². The van der Waals surface area contributed by atoms with E-state index < -0.39 is 0 Å². The van der Waals surface area contributed by atoms with Crippen molar-refractivity contribution >= 4 is 23.3 Å². The van der Waals surface area contributed by atoms with Crippen LogP contribution < -0.4 is 10.6 Å². The van der Waals surface area contributed by atoms with Crippen molar-refractivity contribution < 1.29 is 4.79 Å². The summed E-state index contributed by atoms with van der Waals surface area (Å²) < 4.78 is 0. The Kier molecular flexibility index (Phi) is 4.53. The smallest absolute Gasteiger partial charge is 0.271 e. The van der Waals surface area contributed by atoms with Crippen molar-refractivity contribution in [3.8, 4) is 0 Å². The summed E-state index contributed by atoms with van der Waals surface area (Å²) in [6.45, 7) is 0.531. The molecule has 0 unspecified atom stereocenters. The second-order valence-electron chi connectivity index (χ2n) is 5.36. The molecule has 3 rings (SSSR count). The van der Waals surface area contributed by atoms with Crippen LogP contribution in [0.4, 0.5) is 5.82 Å². The van der Waals surface area contributed by atoms with E-state index in [1.807, 2.05) is 24.3 Å². The molecule has 2 N–H and O–H groups in total. The maximum absolute atomic E-state index is 12.0. The molecule has 1 aromatic carbocycles. The lowest BCUT2D eigenvalue weighted by Crippen LogP contribution is -2.26. The summed E-state index contributed by atoms with van der Waals surface area (Å²) in [6, 6.07) is 11.6. The fraction of sp³-hybridized carbons (Fsp3) is 0.312. The highest BCUT2D eigenvalue weighted by atomic mass is 35.5. The van der Waals surface area contributed by atoms with E-state index in [2.05, 4.69) is 20.8 Å². The van der Waals surface area contributed by atoms with E-state index in [0.717, 1.165) is 17.8 Å². The van der Waals surface area contributed by atoms with Gasteiger partial charge in [-0.15, -0.1) is 10.2 Å². The molecule has 0 spiro atoms. The third kappa shape index (κ3) is 4.18. The number of benzene rings is 1. The summed E-state index contributed by atoms with van der Waals surface area (Å²) in [7, 11) is 0. The minimum Gasteiger partial charge on any atom is -0.366 e. The molecule has 0 saturated heterocycles. The third-order valence-corrected chi connectivity index (χ3v) is 3.65. The number of aromatic nitrogens is 2. The molecule has 0 atom stereocenters.